The van der Waals surface area contributed by atoms with Gasteiger partial charge in [0.15, 0.2) is 28.8 Å². The Kier molecular flexibility index (Phi) is 6.90. The van der Waals surface area contributed by atoms with Crippen LogP contribution in [0.25, 0.3) is 22.6 Å². The average Bonchev–Trinajstić information content (AvgIpc) is 3.20. The highest BCUT2D eigenvalue weighted by atomic mass is 32.2. The van der Waals surface area contributed by atoms with Crippen LogP contribution in [0.5, 0.6) is 23.0 Å². The fraction of sp³-hybridized carbons (Fsp3) is 0.286. The van der Waals surface area contributed by atoms with Crippen molar-refractivity contribution in [2.45, 2.75) is 5.22 Å². The first-order valence-electron chi connectivity index (χ1n) is 8.84. The van der Waals surface area contributed by atoms with Crippen molar-refractivity contribution in [2.24, 2.45) is 0 Å². The summed E-state index contributed by atoms with van der Waals surface area (Å²) in [7, 11) is 6.35. The summed E-state index contributed by atoms with van der Waals surface area (Å²) in [4.78, 5) is 4.64. The Morgan fingerprint density at radius 2 is 1.38 bits per heavy atom. The van der Waals surface area contributed by atoms with Crippen LogP contribution in [0.1, 0.15) is 0 Å². The van der Waals surface area contributed by atoms with Gasteiger partial charge >= 0.3 is 0 Å². The third-order valence-electron chi connectivity index (χ3n) is 4.23. The Morgan fingerprint density at radius 1 is 0.828 bits per heavy atom. The molecule has 0 fully saturated rings. The number of aliphatic hydroxyl groups is 1. The lowest BCUT2D eigenvalue weighted by Crippen LogP contribution is -1.92. The Hall–Kier alpha value is -2.84. The molecule has 3 aromatic rings. The monoisotopic (exact) mass is 417 g/mol. The lowest BCUT2D eigenvalue weighted by Gasteiger charge is -2.10. The molecule has 3 rings (SSSR count). The number of aromatic nitrogens is 1. The molecule has 0 bridgehead atoms. The maximum Gasteiger partial charge on any atom is 0.256 e. The molecule has 8 heteroatoms. The molecule has 0 aliphatic rings. The number of methoxy groups -OCH3 is 4. The number of thioether (sulfide) groups is 1. The minimum Gasteiger partial charge on any atom is -0.493 e. The van der Waals surface area contributed by atoms with E-state index in [-0.39, 0.29) is 6.61 Å². The largest absolute Gasteiger partial charge is 0.493 e. The SMILES string of the molecule is COc1ccc(-c2nc(SCCO)oc2-c2ccc(OC)c(OC)c2)cc1OC. The second kappa shape index (κ2) is 9.58. The highest BCUT2D eigenvalue weighted by Gasteiger charge is 2.20. The third kappa shape index (κ3) is 4.44. The van der Waals surface area contributed by atoms with Crippen LogP contribution in [0.4, 0.5) is 0 Å². The summed E-state index contributed by atoms with van der Waals surface area (Å²) >= 11 is 1.34. The minimum absolute atomic E-state index is 0.0322. The fourth-order valence-electron chi connectivity index (χ4n) is 2.85. The van der Waals surface area contributed by atoms with Gasteiger partial charge in [0.25, 0.3) is 5.22 Å². The summed E-state index contributed by atoms with van der Waals surface area (Å²) in [5, 5.41) is 9.60. The molecular weight excluding hydrogens is 394 g/mol. The van der Waals surface area contributed by atoms with Gasteiger partial charge in [0.05, 0.1) is 35.0 Å². The van der Waals surface area contributed by atoms with E-state index >= 15 is 0 Å². The first-order valence-corrected chi connectivity index (χ1v) is 9.83. The molecule has 154 valence electrons. The second-order valence-corrected chi connectivity index (χ2v) is 6.92. The van der Waals surface area contributed by atoms with Gasteiger partial charge in [0.1, 0.15) is 5.69 Å². The van der Waals surface area contributed by atoms with Crippen LogP contribution in [0.15, 0.2) is 46.0 Å². The normalized spacial score (nSPS) is 10.7. The Bertz CT molecular complexity index is 899. The maximum absolute atomic E-state index is 9.14. The van der Waals surface area contributed by atoms with E-state index < -0.39 is 0 Å². The molecule has 0 unspecified atom stereocenters. The molecule has 0 aliphatic carbocycles. The van der Waals surface area contributed by atoms with Crippen LogP contribution < -0.4 is 18.9 Å². The fourth-order valence-corrected chi connectivity index (χ4v) is 3.41. The highest BCUT2D eigenvalue weighted by molar-refractivity contribution is 7.99. The van der Waals surface area contributed by atoms with Crippen LogP contribution >= 0.6 is 11.8 Å². The van der Waals surface area contributed by atoms with Gasteiger partial charge in [-0.25, -0.2) is 4.98 Å². The van der Waals surface area contributed by atoms with Crippen LogP contribution in [-0.4, -0.2) is 50.9 Å². The number of oxazole rings is 1. The standard InChI is InChI=1S/C21H23NO6S/c1-24-15-7-5-13(11-17(15)26-3)19-20(28-21(22-19)29-10-9-23)14-6-8-16(25-2)18(12-14)27-4/h5-8,11-12,23H,9-10H2,1-4H3. The summed E-state index contributed by atoms with van der Waals surface area (Å²) in [6, 6.07) is 11.1. The van der Waals surface area contributed by atoms with Crippen LogP contribution in [0.2, 0.25) is 0 Å². The van der Waals surface area contributed by atoms with Gasteiger partial charge in [-0.2, -0.15) is 0 Å². The van der Waals surface area contributed by atoms with Gasteiger partial charge in [0, 0.05) is 16.9 Å². The summed E-state index contributed by atoms with van der Waals surface area (Å²) in [6.07, 6.45) is 0. The van der Waals surface area contributed by atoms with Gasteiger partial charge < -0.3 is 28.5 Å². The molecule has 2 aromatic carbocycles. The summed E-state index contributed by atoms with van der Waals surface area (Å²) < 4.78 is 27.5. The molecule has 7 nitrogen and oxygen atoms in total. The van der Waals surface area contributed by atoms with E-state index in [0.717, 1.165) is 11.1 Å². The smallest absolute Gasteiger partial charge is 0.256 e. The molecule has 0 atom stereocenters. The van der Waals surface area contributed by atoms with Gasteiger partial charge in [-0.1, -0.05) is 11.8 Å². The second-order valence-electron chi connectivity index (χ2n) is 5.87. The summed E-state index contributed by atoms with van der Waals surface area (Å²) in [6.45, 7) is 0.0322. The van der Waals surface area contributed by atoms with Gasteiger partial charge in [-0.3, -0.25) is 0 Å². The zero-order chi connectivity index (χ0) is 20.8. The number of rotatable bonds is 9. The Morgan fingerprint density at radius 3 is 1.93 bits per heavy atom. The average molecular weight is 417 g/mol. The molecule has 1 heterocycles. The topological polar surface area (TPSA) is 83.2 Å². The number of hydrogen-bond donors (Lipinski definition) is 1. The lowest BCUT2D eigenvalue weighted by atomic mass is 10.0. The minimum atomic E-state index is 0.0322. The number of benzene rings is 2. The molecule has 1 N–H and O–H groups in total. The third-order valence-corrected chi connectivity index (χ3v) is 5.04. The van der Waals surface area contributed by atoms with Crippen molar-refractivity contribution < 1.29 is 28.5 Å². The molecular formula is C21H23NO6S. The van der Waals surface area contributed by atoms with Crippen molar-refractivity contribution >= 4 is 11.8 Å². The van der Waals surface area contributed by atoms with Crippen molar-refractivity contribution in [1.29, 1.82) is 0 Å². The van der Waals surface area contributed by atoms with Gasteiger partial charge in [-0.15, -0.1) is 0 Å². The van der Waals surface area contributed by atoms with E-state index in [1.165, 1.54) is 11.8 Å². The van der Waals surface area contributed by atoms with E-state index in [0.29, 0.717) is 45.4 Å². The Balaban J connectivity index is 2.13. The molecule has 0 radical (unpaired) electrons. The van der Waals surface area contributed by atoms with Crippen molar-refractivity contribution in [3.05, 3.63) is 36.4 Å². The number of hydrogen-bond acceptors (Lipinski definition) is 8. The quantitative estimate of drug-likeness (QED) is 0.521. The zero-order valence-corrected chi connectivity index (χ0v) is 17.5. The summed E-state index contributed by atoms with van der Waals surface area (Å²) in [5.41, 5.74) is 2.25. The van der Waals surface area contributed by atoms with Gasteiger partial charge in [-0.05, 0) is 36.4 Å². The zero-order valence-electron chi connectivity index (χ0n) is 16.7. The van der Waals surface area contributed by atoms with Crippen LogP contribution in [0.3, 0.4) is 0 Å². The molecule has 0 amide bonds. The lowest BCUT2D eigenvalue weighted by molar-refractivity contribution is 0.322. The number of ether oxygens (including phenoxy) is 4. The van der Waals surface area contributed by atoms with E-state index in [1.807, 2.05) is 36.4 Å². The predicted molar refractivity (Wildman–Crippen MR) is 111 cm³/mol. The predicted octanol–water partition coefficient (Wildman–Crippen LogP) is 4.13. The van der Waals surface area contributed by atoms with Crippen LogP contribution in [-0.2, 0) is 0 Å². The van der Waals surface area contributed by atoms with Crippen LogP contribution in [0, 0.1) is 0 Å². The van der Waals surface area contributed by atoms with Crippen molar-refractivity contribution in [3.8, 4) is 45.6 Å². The first-order chi connectivity index (χ1) is 14.1. The van der Waals surface area contributed by atoms with Crippen molar-refractivity contribution in [3.63, 3.8) is 0 Å². The van der Waals surface area contributed by atoms with E-state index in [4.69, 9.17) is 28.5 Å². The molecule has 29 heavy (non-hydrogen) atoms. The van der Waals surface area contributed by atoms with E-state index in [2.05, 4.69) is 4.98 Å². The molecule has 0 aliphatic heterocycles. The number of nitrogens with zero attached hydrogens (tertiary/aromatic N) is 1. The molecule has 0 saturated heterocycles. The van der Waals surface area contributed by atoms with Gasteiger partial charge in [0.2, 0.25) is 0 Å². The van der Waals surface area contributed by atoms with Crippen molar-refractivity contribution in [1.82, 2.24) is 4.98 Å². The number of aliphatic hydroxyl groups excluding tert-OH is 1. The molecule has 0 spiro atoms. The summed E-state index contributed by atoms with van der Waals surface area (Å²) in [5.74, 6) is 3.50. The molecule has 1 aromatic heterocycles. The Labute approximate surface area is 173 Å². The van der Waals surface area contributed by atoms with E-state index in [9.17, 15) is 0 Å². The molecule has 0 saturated carbocycles. The van der Waals surface area contributed by atoms with E-state index in [1.54, 1.807) is 28.4 Å². The first kappa shape index (κ1) is 20.9. The maximum atomic E-state index is 9.14. The highest BCUT2D eigenvalue weighted by Crippen LogP contribution is 2.41. The van der Waals surface area contributed by atoms with Crippen molar-refractivity contribution in [2.75, 3.05) is 40.8 Å².